The first-order chi connectivity index (χ1) is 9.39. The predicted molar refractivity (Wildman–Crippen MR) is 74.0 cm³/mol. The molecular formula is C14H23N3O3. The van der Waals surface area contributed by atoms with E-state index in [0.717, 1.165) is 24.2 Å². The maximum atomic E-state index is 11.8. The van der Waals surface area contributed by atoms with Gasteiger partial charge < -0.3 is 14.5 Å². The summed E-state index contributed by atoms with van der Waals surface area (Å²) in [5.74, 6) is -0.0319. The van der Waals surface area contributed by atoms with Crippen molar-refractivity contribution in [3.05, 3.63) is 17.5 Å². The Morgan fingerprint density at radius 1 is 1.60 bits per heavy atom. The van der Waals surface area contributed by atoms with Crippen LogP contribution in [-0.2, 0) is 11.3 Å². The molecule has 1 unspecified atom stereocenters. The number of nitrogens with zero attached hydrogens (tertiary/aromatic N) is 3. The summed E-state index contributed by atoms with van der Waals surface area (Å²) >= 11 is 0. The number of piperidine rings is 1. The lowest BCUT2D eigenvalue weighted by molar-refractivity contribution is -0.136. The minimum atomic E-state index is -0.926. The Hall–Kier alpha value is -1.40. The third kappa shape index (κ3) is 3.58. The minimum absolute atomic E-state index is 0.0319. The molecule has 112 valence electrons. The quantitative estimate of drug-likeness (QED) is 0.883. The number of carbonyl (C=O) groups excluding carboxylic acids is 1. The number of amides is 1. The van der Waals surface area contributed by atoms with Gasteiger partial charge in [0.05, 0.1) is 17.7 Å². The fourth-order valence-corrected chi connectivity index (χ4v) is 2.63. The number of aromatic nitrogens is 1. The van der Waals surface area contributed by atoms with E-state index < -0.39 is 5.60 Å². The van der Waals surface area contributed by atoms with Crippen LogP contribution in [-0.4, -0.2) is 58.8 Å². The lowest BCUT2D eigenvalue weighted by Crippen LogP contribution is -2.50. The molecule has 1 atom stereocenters. The number of rotatable bonds is 4. The largest absolute Gasteiger partial charge is 0.388 e. The van der Waals surface area contributed by atoms with Crippen LogP contribution in [0, 0.1) is 6.92 Å². The van der Waals surface area contributed by atoms with E-state index in [4.69, 9.17) is 4.52 Å². The third-order valence-electron chi connectivity index (χ3n) is 3.86. The van der Waals surface area contributed by atoms with Gasteiger partial charge in [-0.25, -0.2) is 0 Å². The number of aryl methyl sites for hydroxylation is 1. The number of β-amino-alcohol motifs (C(OH)–C–C–N with tert-alkyl or cyclic N) is 1. The number of hydrogen-bond donors (Lipinski definition) is 1. The third-order valence-corrected chi connectivity index (χ3v) is 3.86. The van der Waals surface area contributed by atoms with Gasteiger partial charge in [-0.05, 0) is 26.3 Å². The first-order valence-corrected chi connectivity index (χ1v) is 6.94. The Morgan fingerprint density at radius 2 is 2.35 bits per heavy atom. The van der Waals surface area contributed by atoms with Gasteiger partial charge in [-0.2, -0.15) is 0 Å². The molecule has 6 heteroatoms. The zero-order valence-electron chi connectivity index (χ0n) is 12.4. The monoisotopic (exact) mass is 281 g/mol. The molecule has 1 aromatic rings. The summed E-state index contributed by atoms with van der Waals surface area (Å²) in [4.78, 5) is 15.5. The van der Waals surface area contributed by atoms with Crippen LogP contribution in [0.3, 0.4) is 0 Å². The van der Waals surface area contributed by atoms with Crippen molar-refractivity contribution < 1.29 is 14.4 Å². The Bertz CT molecular complexity index is 472. The predicted octanol–water partition coefficient (Wildman–Crippen LogP) is 0.788. The van der Waals surface area contributed by atoms with Gasteiger partial charge in [0, 0.05) is 32.7 Å². The van der Waals surface area contributed by atoms with Gasteiger partial charge in [0.15, 0.2) is 0 Å². The van der Waals surface area contributed by atoms with Gasteiger partial charge in [-0.3, -0.25) is 9.69 Å². The van der Waals surface area contributed by atoms with Gasteiger partial charge in [0.2, 0.25) is 5.91 Å². The maximum absolute atomic E-state index is 11.8. The molecule has 2 rings (SSSR count). The summed E-state index contributed by atoms with van der Waals surface area (Å²) in [6.07, 6.45) is 3.39. The van der Waals surface area contributed by atoms with Crippen molar-refractivity contribution in [2.24, 2.45) is 0 Å². The first kappa shape index (κ1) is 15.0. The SMILES string of the molecule is Cc1nocc1CN1CCCC(O)(CC(=O)N(C)C)C1. The zero-order valence-corrected chi connectivity index (χ0v) is 12.4. The van der Waals surface area contributed by atoms with Crippen molar-refractivity contribution in [1.82, 2.24) is 15.0 Å². The van der Waals surface area contributed by atoms with Crippen LogP contribution >= 0.6 is 0 Å². The molecule has 0 aliphatic carbocycles. The second-order valence-corrected chi connectivity index (χ2v) is 5.93. The summed E-state index contributed by atoms with van der Waals surface area (Å²) in [5.41, 5.74) is 0.988. The normalized spacial score (nSPS) is 23.8. The number of likely N-dealkylation sites (tertiary alicyclic amines) is 1. The smallest absolute Gasteiger partial charge is 0.224 e. The Kier molecular flexibility index (Phi) is 4.45. The molecule has 0 aromatic carbocycles. The van der Waals surface area contributed by atoms with Crippen LogP contribution in [0.25, 0.3) is 0 Å². The fraction of sp³-hybridized carbons (Fsp3) is 0.714. The molecule has 0 spiro atoms. The summed E-state index contributed by atoms with van der Waals surface area (Å²) in [6.45, 7) is 4.04. The van der Waals surface area contributed by atoms with Crippen molar-refractivity contribution in [3.8, 4) is 0 Å². The lowest BCUT2D eigenvalue weighted by atomic mass is 9.89. The van der Waals surface area contributed by atoms with Crippen LogP contribution in [0.1, 0.15) is 30.5 Å². The second kappa shape index (κ2) is 5.93. The number of aliphatic hydroxyl groups is 1. The van der Waals surface area contributed by atoms with Crippen molar-refractivity contribution in [2.45, 2.75) is 38.3 Å². The average molecular weight is 281 g/mol. The summed E-state index contributed by atoms with van der Waals surface area (Å²) in [5, 5.41) is 14.5. The van der Waals surface area contributed by atoms with Crippen molar-refractivity contribution >= 4 is 5.91 Å². The van der Waals surface area contributed by atoms with Crippen LogP contribution in [0.2, 0.25) is 0 Å². The van der Waals surface area contributed by atoms with Gasteiger partial charge in [-0.15, -0.1) is 0 Å². The standard InChI is InChI=1S/C14H23N3O3/c1-11-12(9-20-15-11)8-17-6-4-5-14(19,10-17)7-13(18)16(2)3/h9,19H,4-8,10H2,1-3H3. The molecular weight excluding hydrogens is 258 g/mol. The molecule has 1 N–H and O–H groups in total. The van der Waals surface area contributed by atoms with E-state index in [9.17, 15) is 9.90 Å². The molecule has 20 heavy (non-hydrogen) atoms. The summed E-state index contributed by atoms with van der Waals surface area (Å²) in [7, 11) is 3.43. The topological polar surface area (TPSA) is 69.8 Å². The highest BCUT2D eigenvalue weighted by Gasteiger charge is 2.35. The van der Waals surface area contributed by atoms with E-state index in [2.05, 4.69) is 10.1 Å². The first-order valence-electron chi connectivity index (χ1n) is 6.94. The van der Waals surface area contributed by atoms with Crippen LogP contribution < -0.4 is 0 Å². The highest BCUT2D eigenvalue weighted by Crippen LogP contribution is 2.26. The molecule has 6 nitrogen and oxygen atoms in total. The van der Waals surface area contributed by atoms with E-state index >= 15 is 0 Å². The summed E-state index contributed by atoms with van der Waals surface area (Å²) in [6, 6.07) is 0. The molecule has 1 amide bonds. The summed E-state index contributed by atoms with van der Waals surface area (Å²) < 4.78 is 4.93. The molecule has 1 aliphatic rings. The lowest BCUT2D eigenvalue weighted by Gasteiger charge is -2.39. The highest BCUT2D eigenvalue weighted by molar-refractivity contribution is 5.76. The van der Waals surface area contributed by atoms with E-state index in [0.29, 0.717) is 19.5 Å². The Balaban J connectivity index is 1.97. The minimum Gasteiger partial charge on any atom is -0.388 e. The molecule has 1 saturated heterocycles. The van der Waals surface area contributed by atoms with Crippen LogP contribution in [0.15, 0.2) is 10.8 Å². The molecule has 1 aliphatic heterocycles. The van der Waals surface area contributed by atoms with Crippen LogP contribution in [0.4, 0.5) is 0 Å². The second-order valence-electron chi connectivity index (χ2n) is 5.93. The van der Waals surface area contributed by atoms with Crippen LogP contribution in [0.5, 0.6) is 0 Å². The average Bonchev–Trinajstić information content (AvgIpc) is 2.74. The van der Waals surface area contributed by atoms with Gasteiger partial charge in [0.1, 0.15) is 6.26 Å². The van der Waals surface area contributed by atoms with E-state index in [-0.39, 0.29) is 12.3 Å². The Morgan fingerprint density at radius 3 is 2.95 bits per heavy atom. The fourth-order valence-electron chi connectivity index (χ4n) is 2.63. The van der Waals surface area contributed by atoms with Crippen molar-refractivity contribution in [3.63, 3.8) is 0 Å². The molecule has 1 aromatic heterocycles. The number of carbonyl (C=O) groups is 1. The van der Waals surface area contributed by atoms with E-state index in [1.54, 1.807) is 20.4 Å². The van der Waals surface area contributed by atoms with Crippen molar-refractivity contribution in [2.75, 3.05) is 27.2 Å². The van der Waals surface area contributed by atoms with Gasteiger partial charge in [0.25, 0.3) is 0 Å². The van der Waals surface area contributed by atoms with Crippen molar-refractivity contribution in [1.29, 1.82) is 0 Å². The highest BCUT2D eigenvalue weighted by atomic mass is 16.5. The van der Waals surface area contributed by atoms with Gasteiger partial charge >= 0.3 is 0 Å². The maximum Gasteiger partial charge on any atom is 0.224 e. The molecule has 0 bridgehead atoms. The molecule has 1 fully saturated rings. The zero-order chi connectivity index (χ0) is 14.8. The van der Waals surface area contributed by atoms with E-state index in [1.807, 2.05) is 6.92 Å². The van der Waals surface area contributed by atoms with E-state index in [1.165, 1.54) is 4.90 Å². The molecule has 0 saturated carbocycles. The molecule has 0 radical (unpaired) electrons. The number of hydrogen-bond acceptors (Lipinski definition) is 5. The van der Waals surface area contributed by atoms with Gasteiger partial charge in [-0.1, -0.05) is 5.16 Å². The Labute approximate surface area is 119 Å². The molecule has 2 heterocycles.